The number of hydrogen-bond acceptors (Lipinski definition) is 3. The van der Waals surface area contributed by atoms with Gasteiger partial charge >= 0.3 is 0 Å². The highest BCUT2D eigenvalue weighted by atomic mass is 15.2. The summed E-state index contributed by atoms with van der Waals surface area (Å²) < 4.78 is 0. The Kier molecular flexibility index (Phi) is 3.38. The molecule has 2 heterocycles. The number of para-hydroxylation sites is 1. The summed E-state index contributed by atoms with van der Waals surface area (Å²) >= 11 is 0. The van der Waals surface area contributed by atoms with Crippen LogP contribution in [0.15, 0.2) is 36.5 Å². The highest BCUT2D eigenvalue weighted by Gasteiger charge is 2.23. The lowest BCUT2D eigenvalue weighted by Gasteiger charge is -2.20. The second-order valence-electron chi connectivity index (χ2n) is 5.64. The van der Waals surface area contributed by atoms with Crippen molar-refractivity contribution in [1.82, 2.24) is 10.3 Å². The third-order valence-corrected chi connectivity index (χ3v) is 3.70. The maximum absolute atomic E-state index is 4.55. The molecule has 0 spiro atoms. The minimum atomic E-state index is 0.555. The molecule has 1 saturated heterocycles. The van der Waals surface area contributed by atoms with E-state index in [2.05, 4.69) is 53.3 Å². The fourth-order valence-electron chi connectivity index (χ4n) is 2.83. The van der Waals surface area contributed by atoms with Gasteiger partial charge in [0.1, 0.15) is 0 Å². The van der Waals surface area contributed by atoms with Crippen LogP contribution in [0, 0.1) is 0 Å². The first-order chi connectivity index (χ1) is 9.22. The Labute approximate surface area is 114 Å². The molecule has 3 heteroatoms. The number of nitrogens with one attached hydrogen (secondary N) is 1. The van der Waals surface area contributed by atoms with Gasteiger partial charge in [0, 0.05) is 30.6 Å². The van der Waals surface area contributed by atoms with Gasteiger partial charge in [0.25, 0.3) is 0 Å². The molecule has 1 aliphatic rings. The maximum Gasteiger partial charge on any atom is 0.0703 e. The minimum Gasteiger partial charge on any atom is -0.369 e. The molecule has 100 valence electrons. The third kappa shape index (κ3) is 2.71. The largest absolute Gasteiger partial charge is 0.369 e. The monoisotopic (exact) mass is 255 g/mol. The van der Waals surface area contributed by atoms with Gasteiger partial charge in [-0.1, -0.05) is 32.0 Å². The fourth-order valence-corrected chi connectivity index (χ4v) is 2.83. The molecule has 1 unspecified atom stereocenters. The molecule has 0 aliphatic carbocycles. The van der Waals surface area contributed by atoms with Crippen molar-refractivity contribution in [3.8, 4) is 0 Å². The van der Waals surface area contributed by atoms with E-state index in [0.717, 1.165) is 18.6 Å². The van der Waals surface area contributed by atoms with Gasteiger partial charge in [-0.05, 0) is 18.6 Å². The molecule has 19 heavy (non-hydrogen) atoms. The van der Waals surface area contributed by atoms with E-state index in [1.165, 1.54) is 17.5 Å². The summed E-state index contributed by atoms with van der Waals surface area (Å²) in [6, 6.07) is 11.7. The van der Waals surface area contributed by atoms with Crippen LogP contribution in [-0.2, 0) is 0 Å². The molecule has 1 fully saturated rings. The number of fused-ring (bicyclic) bond motifs is 1. The van der Waals surface area contributed by atoms with Crippen molar-refractivity contribution in [3.05, 3.63) is 36.5 Å². The zero-order valence-electron chi connectivity index (χ0n) is 11.6. The molecule has 0 amide bonds. The van der Waals surface area contributed by atoms with Gasteiger partial charge in [-0.3, -0.25) is 4.98 Å². The van der Waals surface area contributed by atoms with Crippen LogP contribution in [-0.4, -0.2) is 30.2 Å². The molecule has 3 rings (SSSR count). The maximum atomic E-state index is 4.55. The van der Waals surface area contributed by atoms with Crippen LogP contribution in [0.5, 0.6) is 0 Å². The Bertz CT molecular complexity index is 565. The van der Waals surface area contributed by atoms with E-state index < -0.39 is 0 Å². The zero-order valence-corrected chi connectivity index (χ0v) is 11.6. The first-order valence-electron chi connectivity index (χ1n) is 7.08. The summed E-state index contributed by atoms with van der Waals surface area (Å²) in [7, 11) is 0. The second kappa shape index (κ2) is 5.17. The van der Waals surface area contributed by atoms with Crippen molar-refractivity contribution in [2.75, 3.05) is 18.0 Å². The number of nitrogens with zero attached hydrogens (tertiary/aromatic N) is 2. The van der Waals surface area contributed by atoms with Crippen LogP contribution in [0.25, 0.3) is 10.9 Å². The number of anilines is 1. The smallest absolute Gasteiger partial charge is 0.0703 e. The number of hydrogen-bond donors (Lipinski definition) is 1. The van der Waals surface area contributed by atoms with Gasteiger partial charge in [0.05, 0.1) is 17.4 Å². The molecular formula is C16H21N3. The van der Waals surface area contributed by atoms with Crippen LogP contribution in [0.4, 0.5) is 5.69 Å². The lowest BCUT2D eigenvalue weighted by Crippen LogP contribution is -2.37. The zero-order chi connectivity index (χ0) is 13.2. The highest BCUT2D eigenvalue weighted by Crippen LogP contribution is 2.23. The fraction of sp³-hybridized carbons (Fsp3) is 0.438. The average Bonchev–Trinajstić information content (AvgIpc) is 2.86. The molecule has 0 saturated carbocycles. The predicted octanol–water partition coefficient (Wildman–Crippen LogP) is 2.81. The van der Waals surface area contributed by atoms with Gasteiger partial charge in [-0.2, -0.15) is 0 Å². The normalized spacial score (nSPS) is 19.5. The van der Waals surface area contributed by atoms with E-state index in [1.807, 2.05) is 12.3 Å². The average molecular weight is 255 g/mol. The SMILES string of the molecule is CC(C)NC1CCN(c2cnc3ccccc3c2)C1. The van der Waals surface area contributed by atoms with Crippen LogP contribution in [0.1, 0.15) is 20.3 Å². The molecule has 1 aromatic heterocycles. The van der Waals surface area contributed by atoms with Crippen LogP contribution < -0.4 is 10.2 Å². The van der Waals surface area contributed by atoms with Crippen molar-refractivity contribution in [3.63, 3.8) is 0 Å². The molecular weight excluding hydrogens is 234 g/mol. The summed E-state index contributed by atoms with van der Waals surface area (Å²) in [5.74, 6) is 0. The van der Waals surface area contributed by atoms with Crippen LogP contribution in [0.3, 0.4) is 0 Å². The molecule has 2 aromatic rings. The van der Waals surface area contributed by atoms with E-state index in [4.69, 9.17) is 0 Å². The Morgan fingerprint density at radius 3 is 3.00 bits per heavy atom. The van der Waals surface area contributed by atoms with E-state index in [1.54, 1.807) is 0 Å². The third-order valence-electron chi connectivity index (χ3n) is 3.70. The summed E-state index contributed by atoms with van der Waals surface area (Å²) in [5.41, 5.74) is 2.31. The molecule has 1 atom stereocenters. The molecule has 1 aliphatic heterocycles. The number of benzene rings is 1. The second-order valence-corrected chi connectivity index (χ2v) is 5.64. The number of aromatic nitrogens is 1. The molecule has 1 N–H and O–H groups in total. The van der Waals surface area contributed by atoms with Crippen molar-refractivity contribution in [2.24, 2.45) is 0 Å². The standard InChI is InChI=1S/C16H21N3/c1-12(2)18-14-7-8-19(11-14)15-9-13-5-3-4-6-16(13)17-10-15/h3-6,9-10,12,14,18H,7-8,11H2,1-2H3. The van der Waals surface area contributed by atoms with Gasteiger partial charge in [-0.15, -0.1) is 0 Å². The topological polar surface area (TPSA) is 28.2 Å². The van der Waals surface area contributed by atoms with Gasteiger partial charge in [-0.25, -0.2) is 0 Å². The lowest BCUT2D eigenvalue weighted by molar-refractivity contribution is 0.492. The van der Waals surface area contributed by atoms with E-state index in [0.29, 0.717) is 12.1 Å². The number of pyridine rings is 1. The van der Waals surface area contributed by atoms with Crippen molar-refractivity contribution in [2.45, 2.75) is 32.4 Å². The first-order valence-corrected chi connectivity index (χ1v) is 7.08. The Balaban J connectivity index is 1.78. The van der Waals surface area contributed by atoms with E-state index in [9.17, 15) is 0 Å². The molecule has 0 bridgehead atoms. The van der Waals surface area contributed by atoms with E-state index >= 15 is 0 Å². The van der Waals surface area contributed by atoms with Gasteiger partial charge in [0.2, 0.25) is 0 Å². The number of rotatable bonds is 3. The van der Waals surface area contributed by atoms with Crippen molar-refractivity contribution >= 4 is 16.6 Å². The minimum absolute atomic E-state index is 0.555. The highest BCUT2D eigenvalue weighted by molar-refractivity contribution is 5.81. The van der Waals surface area contributed by atoms with Crippen LogP contribution >= 0.6 is 0 Å². The van der Waals surface area contributed by atoms with E-state index in [-0.39, 0.29) is 0 Å². The quantitative estimate of drug-likeness (QED) is 0.914. The van der Waals surface area contributed by atoms with Gasteiger partial charge in [0.15, 0.2) is 0 Å². The molecule has 1 aromatic carbocycles. The summed E-state index contributed by atoms with van der Waals surface area (Å²) in [6.07, 6.45) is 3.21. The predicted molar refractivity (Wildman–Crippen MR) is 80.6 cm³/mol. The summed E-state index contributed by atoms with van der Waals surface area (Å²) in [4.78, 5) is 6.98. The van der Waals surface area contributed by atoms with Crippen molar-refractivity contribution < 1.29 is 0 Å². The summed E-state index contributed by atoms with van der Waals surface area (Å²) in [6.45, 7) is 6.61. The van der Waals surface area contributed by atoms with Crippen molar-refractivity contribution in [1.29, 1.82) is 0 Å². The summed E-state index contributed by atoms with van der Waals surface area (Å²) in [5, 5.41) is 4.84. The lowest BCUT2D eigenvalue weighted by atomic mass is 10.2. The molecule has 3 nitrogen and oxygen atoms in total. The van der Waals surface area contributed by atoms with Gasteiger partial charge < -0.3 is 10.2 Å². The first kappa shape index (κ1) is 12.4. The Morgan fingerprint density at radius 2 is 2.16 bits per heavy atom. The Morgan fingerprint density at radius 1 is 1.32 bits per heavy atom. The Hall–Kier alpha value is -1.61. The molecule has 0 radical (unpaired) electrons. The van der Waals surface area contributed by atoms with Crippen LogP contribution in [0.2, 0.25) is 0 Å².